The van der Waals surface area contributed by atoms with Crippen molar-refractivity contribution >= 4 is 17.6 Å². The minimum Gasteiger partial charge on any atom is -0.494 e. The minimum atomic E-state index is -0.315. The molecule has 1 fully saturated rings. The van der Waals surface area contributed by atoms with E-state index in [1.165, 1.54) is 0 Å². The third-order valence-corrected chi connectivity index (χ3v) is 3.73. The number of amides is 3. The van der Waals surface area contributed by atoms with E-state index in [-0.39, 0.29) is 24.5 Å². The quantitative estimate of drug-likeness (QED) is 0.732. The van der Waals surface area contributed by atoms with Crippen molar-refractivity contribution in [3.8, 4) is 5.75 Å². The van der Waals surface area contributed by atoms with Gasteiger partial charge in [0.05, 0.1) is 13.2 Å². The molecule has 1 saturated heterocycles. The Hall–Kier alpha value is -2.28. The summed E-state index contributed by atoms with van der Waals surface area (Å²) >= 11 is 0. The lowest BCUT2D eigenvalue weighted by molar-refractivity contribution is -0.119. The van der Waals surface area contributed by atoms with Crippen molar-refractivity contribution in [2.24, 2.45) is 5.73 Å². The molecule has 1 aliphatic rings. The first-order valence-corrected chi connectivity index (χ1v) is 7.88. The highest BCUT2D eigenvalue weighted by atomic mass is 16.5. The van der Waals surface area contributed by atoms with Gasteiger partial charge in [0.2, 0.25) is 5.91 Å². The third-order valence-electron chi connectivity index (χ3n) is 3.73. The number of piperidine rings is 1. The molecule has 0 atom stereocenters. The number of likely N-dealkylation sites (tertiary alicyclic amines) is 1. The summed E-state index contributed by atoms with van der Waals surface area (Å²) in [6, 6.07) is 7.15. The fraction of sp³-hybridized carbons (Fsp3) is 0.500. The van der Waals surface area contributed by atoms with Crippen LogP contribution in [0.4, 0.5) is 10.5 Å². The minimum absolute atomic E-state index is 0.113. The Morgan fingerprint density at radius 2 is 1.91 bits per heavy atom. The zero-order valence-electron chi connectivity index (χ0n) is 13.4. The maximum Gasteiger partial charge on any atom is 0.319 e. The molecule has 1 aliphatic heterocycles. The van der Waals surface area contributed by atoms with Crippen LogP contribution in [0.5, 0.6) is 5.75 Å². The highest BCUT2D eigenvalue weighted by molar-refractivity contribution is 5.89. The van der Waals surface area contributed by atoms with Crippen LogP contribution in [-0.4, -0.2) is 49.1 Å². The molecule has 1 aromatic rings. The molecule has 4 N–H and O–H groups in total. The summed E-state index contributed by atoms with van der Waals surface area (Å²) < 4.78 is 5.36. The lowest BCUT2D eigenvalue weighted by Gasteiger charge is -2.31. The largest absolute Gasteiger partial charge is 0.494 e. The van der Waals surface area contributed by atoms with Gasteiger partial charge in [0.1, 0.15) is 5.75 Å². The van der Waals surface area contributed by atoms with Crippen LogP contribution in [0.3, 0.4) is 0 Å². The standard InChI is InChI=1S/C16H24N4O3/c1-2-23-14-5-3-12(4-6-14)18-16(22)19-13-7-9-20(10-8-13)11-15(17)21/h3-6,13H,2,7-11H2,1H3,(H2,17,21)(H2,18,19,22). The SMILES string of the molecule is CCOc1ccc(NC(=O)NC2CCN(CC(N)=O)CC2)cc1. The summed E-state index contributed by atoms with van der Waals surface area (Å²) in [5.41, 5.74) is 5.90. The summed E-state index contributed by atoms with van der Waals surface area (Å²) in [5, 5.41) is 5.77. The van der Waals surface area contributed by atoms with Crippen molar-refractivity contribution in [2.45, 2.75) is 25.8 Å². The molecular weight excluding hydrogens is 296 g/mol. The van der Waals surface area contributed by atoms with Crippen LogP contribution in [0.1, 0.15) is 19.8 Å². The Labute approximate surface area is 136 Å². The van der Waals surface area contributed by atoms with Crippen molar-refractivity contribution in [1.82, 2.24) is 10.2 Å². The first-order chi connectivity index (χ1) is 11.1. The average Bonchev–Trinajstić information content (AvgIpc) is 2.51. The summed E-state index contributed by atoms with van der Waals surface area (Å²) in [6.45, 7) is 4.34. The zero-order chi connectivity index (χ0) is 16.7. The van der Waals surface area contributed by atoms with E-state index in [4.69, 9.17) is 10.5 Å². The maximum atomic E-state index is 12.0. The summed E-state index contributed by atoms with van der Waals surface area (Å²) in [6.07, 6.45) is 1.62. The Balaban J connectivity index is 1.74. The molecule has 0 spiro atoms. The van der Waals surface area contributed by atoms with Gasteiger partial charge in [-0.2, -0.15) is 0 Å². The van der Waals surface area contributed by atoms with Crippen LogP contribution in [0.15, 0.2) is 24.3 Å². The van der Waals surface area contributed by atoms with Crippen molar-refractivity contribution in [1.29, 1.82) is 0 Å². The predicted octanol–water partition coefficient (Wildman–Crippen LogP) is 1.16. The molecule has 126 valence electrons. The van der Waals surface area contributed by atoms with Gasteiger partial charge in [-0.3, -0.25) is 9.69 Å². The van der Waals surface area contributed by atoms with Gasteiger partial charge >= 0.3 is 6.03 Å². The number of primary amides is 1. The van der Waals surface area contributed by atoms with Crippen LogP contribution in [-0.2, 0) is 4.79 Å². The predicted molar refractivity (Wildman–Crippen MR) is 88.4 cm³/mol. The number of nitrogens with one attached hydrogen (secondary N) is 2. The number of ether oxygens (including phenoxy) is 1. The molecule has 0 unspecified atom stereocenters. The number of nitrogens with two attached hydrogens (primary N) is 1. The van der Waals surface area contributed by atoms with E-state index >= 15 is 0 Å². The Morgan fingerprint density at radius 3 is 2.48 bits per heavy atom. The van der Waals surface area contributed by atoms with Gasteiger partial charge < -0.3 is 21.1 Å². The highest BCUT2D eigenvalue weighted by Gasteiger charge is 2.21. The van der Waals surface area contributed by atoms with Crippen molar-refractivity contribution < 1.29 is 14.3 Å². The number of hydrogen-bond acceptors (Lipinski definition) is 4. The number of nitrogens with zero attached hydrogens (tertiary/aromatic N) is 1. The van der Waals surface area contributed by atoms with Crippen LogP contribution >= 0.6 is 0 Å². The van der Waals surface area contributed by atoms with Gasteiger partial charge in [-0.15, -0.1) is 0 Å². The molecule has 2 rings (SSSR count). The van der Waals surface area contributed by atoms with Gasteiger partial charge in [-0.1, -0.05) is 0 Å². The van der Waals surface area contributed by atoms with E-state index in [0.717, 1.165) is 37.4 Å². The van der Waals surface area contributed by atoms with Crippen molar-refractivity contribution in [3.05, 3.63) is 24.3 Å². The molecule has 0 aromatic heterocycles. The van der Waals surface area contributed by atoms with Crippen molar-refractivity contribution in [2.75, 3.05) is 31.6 Å². The second kappa shape index (κ2) is 8.38. The number of benzene rings is 1. The van der Waals surface area contributed by atoms with E-state index < -0.39 is 0 Å². The van der Waals surface area contributed by atoms with E-state index in [0.29, 0.717) is 6.61 Å². The molecule has 7 nitrogen and oxygen atoms in total. The number of anilines is 1. The van der Waals surface area contributed by atoms with Crippen molar-refractivity contribution in [3.63, 3.8) is 0 Å². The topological polar surface area (TPSA) is 96.7 Å². The van der Waals surface area contributed by atoms with Crippen LogP contribution in [0.25, 0.3) is 0 Å². The smallest absolute Gasteiger partial charge is 0.319 e. The monoisotopic (exact) mass is 320 g/mol. The van der Waals surface area contributed by atoms with Crippen LogP contribution < -0.4 is 21.1 Å². The number of carbonyl (C=O) groups excluding carboxylic acids is 2. The first-order valence-electron chi connectivity index (χ1n) is 7.88. The Kier molecular flexibility index (Phi) is 6.22. The Bertz CT molecular complexity index is 525. The lowest BCUT2D eigenvalue weighted by atomic mass is 10.1. The number of rotatable bonds is 6. The first kappa shape index (κ1) is 17.1. The molecule has 0 radical (unpaired) electrons. The number of hydrogen-bond donors (Lipinski definition) is 3. The zero-order valence-corrected chi connectivity index (χ0v) is 13.4. The van der Waals surface area contributed by atoms with E-state index in [1.54, 1.807) is 12.1 Å². The molecule has 7 heteroatoms. The molecule has 1 aromatic carbocycles. The van der Waals surface area contributed by atoms with Gasteiger partial charge in [0, 0.05) is 24.8 Å². The lowest BCUT2D eigenvalue weighted by Crippen LogP contribution is -2.47. The molecule has 3 amide bonds. The van der Waals surface area contributed by atoms with E-state index in [9.17, 15) is 9.59 Å². The van der Waals surface area contributed by atoms with Gasteiger partial charge in [-0.25, -0.2) is 4.79 Å². The van der Waals surface area contributed by atoms with Gasteiger partial charge in [0.15, 0.2) is 0 Å². The van der Waals surface area contributed by atoms with Crippen LogP contribution in [0, 0.1) is 0 Å². The summed E-state index contributed by atoms with van der Waals surface area (Å²) in [4.78, 5) is 24.9. The maximum absolute atomic E-state index is 12.0. The molecule has 0 aliphatic carbocycles. The number of urea groups is 1. The Morgan fingerprint density at radius 1 is 1.26 bits per heavy atom. The van der Waals surface area contributed by atoms with E-state index in [2.05, 4.69) is 10.6 Å². The van der Waals surface area contributed by atoms with E-state index in [1.807, 2.05) is 24.0 Å². The van der Waals surface area contributed by atoms with Gasteiger partial charge in [0.25, 0.3) is 0 Å². The molecular formula is C16H24N4O3. The molecule has 1 heterocycles. The van der Waals surface area contributed by atoms with Crippen LogP contribution in [0.2, 0.25) is 0 Å². The fourth-order valence-corrected chi connectivity index (χ4v) is 2.61. The second-order valence-corrected chi connectivity index (χ2v) is 5.57. The molecule has 23 heavy (non-hydrogen) atoms. The summed E-state index contributed by atoms with van der Waals surface area (Å²) in [7, 11) is 0. The van der Waals surface area contributed by atoms with Gasteiger partial charge in [-0.05, 0) is 44.0 Å². The molecule has 0 saturated carbocycles. The second-order valence-electron chi connectivity index (χ2n) is 5.57. The highest BCUT2D eigenvalue weighted by Crippen LogP contribution is 2.16. The molecule has 0 bridgehead atoms. The number of carbonyl (C=O) groups is 2. The average molecular weight is 320 g/mol. The summed E-state index contributed by atoms with van der Waals surface area (Å²) in [5.74, 6) is 0.463. The normalized spacial score (nSPS) is 15.9. The fourth-order valence-electron chi connectivity index (χ4n) is 2.61. The third kappa shape index (κ3) is 5.78.